The first-order valence-electron chi connectivity index (χ1n) is 5.10. The third-order valence-corrected chi connectivity index (χ3v) is 2.32. The van der Waals surface area contributed by atoms with E-state index in [0.717, 1.165) is 10.9 Å². The van der Waals surface area contributed by atoms with Crippen LogP contribution < -0.4 is 10.8 Å². The number of nitrogens with zero attached hydrogens (tertiary/aromatic N) is 1. The summed E-state index contributed by atoms with van der Waals surface area (Å²) in [5.74, 6) is -0.176. The molecule has 1 aromatic heterocycles. The molecule has 86 valence electrons. The van der Waals surface area contributed by atoms with E-state index in [1.807, 2.05) is 0 Å². The quantitative estimate of drug-likeness (QED) is 0.627. The average molecular weight is 230 g/mol. The van der Waals surface area contributed by atoms with E-state index in [4.69, 9.17) is 10.0 Å². The van der Waals surface area contributed by atoms with Crippen molar-refractivity contribution in [2.75, 3.05) is 5.32 Å². The van der Waals surface area contributed by atoms with Crippen molar-refractivity contribution in [2.45, 2.75) is 6.92 Å². The molecule has 0 aliphatic carbocycles. The highest BCUT2D eigenvalue weighted by Crippen LogP contribution is 2.15. The van der Waals surface area contributed by atoms with Gasteiger partial charge in [-0.2, -0.15) is 0 Å². The molecule has 0 atom stereocenters. The molecule has 1 amide bonds. The second-order valence-electron chi connectivity index (χ2n) is 3.73. The van der Waals surface area contributed by atoms with Crippen molar-refractivity contribution in [3.63, 3.8) is 0 Å². The zero-order valence-electron chi connectivity index (χ0n) is 9.21. The molecule has 2 aromatic rings. The fourth-order valence-electron chi connectivity index (χ4n) is 1.58. The number of benzene rings is 1. The summed E-state index contributed by atoms with van der Waals surface area (Å²) in [5, 5.41) is 21.5. The highest BCUT2D eigenvalue weighted by atomic mass is 16.4. The number of carbonyl (C=O) groups excluding carboxylic acids is 1. The molecule has 0 aliphatic heterocycles. The molecule has 3 N–H and O–H groups in total. The lowest BCUT2D eigenvalue weighted by Crippen LogP contribution is -2.29. The Labute approximate surface area is 98.3 Å². The molecular formula is C11H11BN2O3. The minimum atomic E-state index is -1.51. The Balaban J connectivity index is 2.46. The van der Waals surface area contributed by atoms with Gasteiger partial charge in [-0.3, -0.25) is 9.78 Å². The monoisotopic (exact) mass is 230 g/mol. The molecule has 0 fully saturated rings. The van der Waals surface area contributed by atoms with E-state index < -0.39 is 7.12 Å². The van der Waals surface area contributed by atoms with Crippen LogP contribution in [0, 0.1) is 0 Å². The van der Waals surface area contributed by atoms with Crippen LogP contribution in [0.5, 0.6) is 0 Å². The Bertz CT molecular complexity index is 572. The molecule has 0 radical (unpaired) electrons. The van der Waals surface area contributed by atoms with Crippen LogP contribution in [0.3, 0.4) is 0 Å². The topological polar surface area (TPSA) is 82.5 Å². The number of amides is 1. The van der Waals surface area contributed by atoms with Crippen LogP contribution in [0.1, 0.15) is 6.92 Å². The number of aromatic nitrogens is 1. The number of anilines is 1. The van der Waals surface area contributed by atoms with Crippen LogP contribution in [-0.4, -0.2) is 28.1 Å². The predicted octanol–water partition coefficient (Wildman–Crippen LogP) is -0.127. The standard InChI is InChI=1S/C11H11BN2O3/c1-7(15)14-10-5-8-4-9(12(16)17)2-3-11(8)13-6-10/h2-6,16-17H,1H3,(H,14,15). The molecule has 0 spiro atoms. The highest BCUT2D eigenvalue weighted by molar-refractivity contribution is 6.58. The SMILES string of the molecule is CC(=O)Nc1cnc2ccc(B(O)O)cc2c1. The zero-order valence-corrected chi connectivity index (χ0v) is 9.21. The van der Waals surface area contributed by atoms with Crippen molar-refractivity contribution in [1.82, 2.24) is 4.98 Å². The van der Waals surface area contributed by atoms with Crippen molar-refractivity contribution in [3.05, 3.63) is 30.5 Å². The second kappa shape index (κ2) is 4.53. The van der Waals surface area contributed by atoms with Crippen LogP contribution >= 0.6 is 0 Å². The Morgan fingerprint density at radius 2 is 2.12 bits per heavy atom. The van der Waals surface area contributed by atoms with E-state index in [2.05, 4.69) is 10.3 Å². The van der Waals surface area contributed by atoms with E-state index in [9.17, 15) is 4.79 Å². The Morgan fingerprint density at radius 1 is 1.35 bits per heavy atom. The summed E-state index contributed by atoms with van der Waals surface area (Å²) in [6, 6.07) is 6.65. The average Bonchev–Trinajstić information content (AvgIpc) is 2.27. The second-order valence-corrected chi connectivity index (χ2v) is 3.73. The summed E-state index contributed by atoms with van der Waals surface area (Å²) >= 11 is 0. The van der Waals surface area contributed by atoms with Gasteiger partial charge in [0.2, 0.25) is 5.91 Å². The molecule has 6 heteroatoms. The predicted molar refractivity (Wildman–Crippen MR) is 65.9 cm³/mol. The lowest BCUT2D eigenvalue weighted by Gasteiger charge is -2.05. The molecular weight excluding hydrogens is 219 g/mol. The first-order valence-corrected chi connectivity index (χ1v) is 5.10. The first kappa shape index (κ1) is 11.6. The number of carbonyl (C=O) groups is 1. The maximum absolute atomic E-state index is 10.9. The lowest BCUT2D eigenvalue weighted by molar-refractivity contribution is -0.114. The third kappa shape index (κ3) is 2.61. The Morgan fingerprint density at radius 3 is 2.76 bits per heavy atom. The maximum Gasteiger partial charge on any atom is 0.488 e. The van der Waals surface area contributed by atoms with E-state index in [1.165, 1.54) is 6.92 Å². The van der Waals surface area contributed by atoms with Gasteiger partial charge in [0.25, 0.3) is 0 Å². The fraction of sp³-hybridized carbons (Fsp3) is 0.0909. The summed E-state index contributed by atoms with van der Waals surface area (Å²) in [4.78, 5) is 15.1. The summed E-state index contributed by atoms with van der Waals surface area (Å²) < 4.78 is 0. The largest absolute Gasteiger partial charge is 0.488 e. The van der Waals surface area contributed by atoms with Crippen molar-refractivity contribution < 1.29 is 14.8 Å². The lowest BCUT2D eigenvalue weighted by atomic mass is 9.80. The first-order chi connectivity index (χ1) is 8.06. The molecule has 0 bridgehead atoms. The Hall–Kier alpha value is -1.92. The van der Waals surface area contributed by atoms with Gasteiger partial charge in [0.15, 0.2) is 0 Å². The number of fused-ring (bicyclic) bond motifs is 1. The van der Waals surface area contributed by atoms with Gasteiger partial charge in [-0.25, -0.2) is 0 Å². The summed E-state index contributed by atoms with van der Waals surface area (Å²) in [6.07, 6.45) is 1.55. The number of rotatable bonds is 2. The molecule has 0 unspecified atom stereocenters. The minimum absolute atomic E-state index is 0.176. The number of nitrogens with one attached hydrogen (secondary N) is 1. The summed E-state index contributed by atoms with van der Waals surface area (Å²) in [5.41, 5.74) is 1.69. The molecule has 0 aliphatic rings. The van der Waals surface area contributed by atoms with Crippen LogP contribution in [0.15, 0.2) is 30.5 Å². The highest BCUT2D eigenvalue weighted by Gasteiger charge is 2.11. The molecule has 1 aromatic carbocycles. The van der Waals surface area contributed by atoms with Crippen molar-refractivity contribution in [1.29, 1.82) is 0 Å². The molecule has 0 saturated heterocycles. The van der Waals surface area contributed by atoms with Crippen LogP contribution in [0.25, 0.3) is 10.9 Å². The normalized spacial score (nSPS) is 10.3. The smallest absolute Gasteiger partial charge is 0.423 e. The van der Waals surface area contributed by atoms with Crippen molar-refractivity contribution in [3.8, 4) is 0 Å². The van der Waals surface area contributed by atoms with Gasteiger partial charge in [0, 0.05) is 12.3 Å². The molecule has 17 heavy (non-hydrogen) atoms. The summed E-state index contributed by atoms with van der Waals surface area (Å²) in [7, 11) is -1.51. The number of hydrogen-bond acceptors (Lipinski definition) is 4. The summed E-state index contributed by atoms with van der Waals surface area (Å²) in [6.45, 7) is 1.41. The van der Waals surface area contributed by atoms with Gasteiger partial charge in [-0.15, -0.1) is 0 Å². The van der Waals surface area contributed by atoms with Crippen LogP contribution in [-0.2, 0) is 4.79 Å². The maximum atomic E-state index is 10.9. The van der Waals surface area contributed by atoms with E-state index >= 15 is 0 Å². The molecule has 1 heterocycles. The zero-order chi connectivity index (χ0) is 12.4. The van der Waals surface area contributed by atoms with Gasteiger partial charge in [0.1, 0.15) is 0 Å². The van der Waals surface area contributed by atoms with Crippen molar-refractivity contribution in [2.24, 2.45) is 0 Å². The van der Waals surface area contributed by atoms with Crippen LogP contribution in [0.4, 0.5) is 5.69 Å². The van der Waals surface area contributed by atoms with E-state index in [1.54, 1.807) is 30.5 Å². The van der Waals surface area contributed by atoms with Gasteiger partial charge >= 0.3 is 7.12 Å². The van der Waals surface area contributed by atoms with Gasteiger partial charge in [-0.05, 0) is 17.6 Å². The van der Waals surface area contributed by atoms with E-state index in [-0.39, 0.29) is 5.91 Å². The Kier molecular flexibility index (Phi) is 3.08. The minimum Gasteiger partial charge on any atom is -0.423 e. The van der Waals surface area contributed by atoms with Gasteiger partial charge < -0.3 is 15.4 Å². The molecule has 2 rings (SSSR count). The van der Waals surface area contributed by atoms with E-state index in [0.29, 0.717) is 11.2 Å². The van der Waals surface area contributed by atoms with Gasteiger partial charge in [-0.1, -0.05) is 12.1 Å². The fourth-order valence-corrected chi connectivity index (χ4v) is 1.58. The molecule has 5 nitrogen and oxygen atoms in total. The van der Waals surface area contributed by atoms with Gasteiger partial charge in [0.05, 0.1) is 17.4 Å². The number of hydrogen-bond donors (Lipinski definition) is 3. The number of pyridine rings is 1. The van der Waals surface area contributed by atoms with Crippen LogP contribution in [0.2, 0.25) is 0 Å². The van der Waals surface area contributed by atoms with Crippen molar-refractivity contribution >= 4 is 35.1 Å². The molecule has 0 saturated carbocycles. The third-order valence-electron chi connectivity index (χ3n) is 2.32.